The number of hydrogen-bond acceptors (Lipinski definition) is 3. The summed E-state index contributed by atoms with van der Waals surface area (Å²) >= 11 is 11.6. The molecule has 0 spiro atoms. The van der Waals surface area contributed by atoms with Crippen LogP contribution in [0, 0.1) is 5.82 Å². The Hall–Kier alpha value is -2.00. The van der Waals surface area contributed by atoms with Crippen LogP contribution in [-0.4, -0.2) is 14.3 Å². The second-order valence-electron chi connectivity index (χ2n) is 4.95. The van der Waals surface area contributed by atoms with Gasteiger partial charge in [-0.05, 0) is 6.07 Å². The van der Waals surface area contributed by atoms with Crippen molar-refractivity contribution in [3.63, 3.8) is 0 Å². The summed E-state index contributed by atoms with van der Waals surface area (Å²) in [6, 6.07) is 0.820. The van der Waals surface area contributed by atoms with E-state index in [1.165, 1.54) is 7.05 Å². The lowest BCUT2D eigenvalue weighted by Gasteiger charge is -2.07. The predicted octanol–water partition coefficient (Wildman–Crippen LogP) is 4.00. The normalized spacial score (nSPS) is 12.3. The molecule has 0 radical (unpaired) electrons. The summed E-state index contributed by atoms with van der Waals surface area (Å²) < 4.78 is 60.0. The number of aryl methyl sites for hydroxylation is 2. The van der Waals surface area contributed by atoms with Gasteiger partial charge in [0.15, 0.2) is 11.3 Å². The minimum atomic E-state index is -4.79. The van der Waals surface area contributed by atoms with Crippen molar-refractivity contribution in [2.45, 2.75) is 6.18 Å². The summed E-state index contributed by atoms with van der Waals surface area (Å²) in [5.41, 5.74) is -2.43. The Morgan fingerprint density at radius 3 is 2.42 bits per heavy atom. The molecule has 2 aromatic heterocycles. The first-order valence-electron chi connectivity index (χ1n) is 6.31. The molecular weight excluding hydrogens is 377 g/mol. The minimum absolute atomic E-state index is 0.140. The van der Waals surface area contributed by atoms with Gasteiger partial charge in [0.05, 0.1) is 15.6 Å². The zero-order valence-electron chi connectivity index (χ0n) is 12.0. The van der Waals surface area contributed by atoms with E-state index in [1.807, 2.05) is 0 Å². The Morgan fingerprint density at radius 1 is 1.25 bits per heavy atom. The van der Waals surface area contributed by atoms with Crippen molar-refractivity contribution in [2.24, 2.45) is 14.1 Å². The van der Waals surface area contributed by atoms with Gasteiger partial charge in [0, 0.05) is 14.1 Å². The third-order valence-corrected chi connectivity index (χ3v) is 4.09. The molecule has 2 heterocycles. The number of halogens is 6. The van der Waals surface area contributed by atoms with Crippen LogP contribution < -0.4 is 5.76 Å². The van der Waals surface area contributed by atoms with Crippen LogP contribution in [0.15, 0.2) is 15.3 Å². The molecule has 128 valence electrons. The van der Waals surface area contributed by atoms with Gasteiger partial charge in [-0.1, -0.05) is 23.2 Å². The molecule has 0 fully saturated rings. The number of rotatable bonds is 1. The molecular formula is C13H7Cl2F4N3O2. The molecule has 0 atom stereocenters. The van der Waals surface area contributed by atoms with Crippen LogP contribution >= 0.6 is 23.2 Å². The lowest BCUT2D eigenvalue weighted by Crippen LogP contribution is -2.12. The van der Waals surface area contributed by atoms with Gasteiger partial charge in [0.2, 0.25) is 0 Å². The van der Waals surface area contributed by atoms with E-state index in [2.05, 4.69) is 5.10 Å². The van der Waals surface area contributed by atoms with Crippen molar-refractivity contribution in [3.8, 4) is 11.3 Å². The fourth-order valence-corrected chi connectivity index (χ4v) is 3.03. The molecule has 0 unspecified atom stereocenters. The van der Waals surface area contributed by atoms with E-state index >= 15 is 0 Å². The van der Waals surface area contributed by atoms with E-state index in [-0.39, 0.29) is 16.1 Å². The largest absolute Gasteiger partial charge is 0.434 e. The molecule has 11 heteroatoms. The summed E-state index contributed by atoms with van der Waals surface area (Å²) in [4.78, 5) is 11.7. The van der Waals surface area contributed by atoms with E-state index in [1.54, 1.807) is 0 Å². The number of oxazole rings is 1. The first-order valence-corrected chi connectivity index (χ1v) is 7.07. The smallest absolute Gasteiger partial charge is 0.406 e. The highest BCUT2D eigenvalue weighted by Crippen LogP contribution is 2.42. The Morgan fingerprint density at radius 2 is 1.88 bits per heavy atom. The maximum Gasteiger partial charge on any atom is 0.434 e. The zero-order chi connectivity index (χ0) is 18.0. The third kappa shape index (κ3) is 2.30. The second kappa shape index (κ2) is 5.25. The van der Waals surface area contributed by atoms with Crippen molar-refractivity contribution in [1.29, 1.82) is 0 Å². The molecule has 1 aromatic carbocycles. The van der Waals surface area contributed by atoms with Crippen molar-refractivity contribution in [3.05, 3.63) is 38.2 Å². The summed E-state index contributed by atoms with van der Waals surface area (Å²) in [7, 11) is 2.28. The molecule has 0 saturated heterocycles. The maximum atomic E-state index is 14.4. The molecule has 0 aliphatic rings. The zero-order valence-corrected chi connectivity index (χ0v) is 13.5. The third-order valence-electron chi connectivity index (χ3n) is 3.45. The van der Waals surface area contributed by atoms with Gasteiger partial charge in [-0.25, -0.2) is 9.18 Å². The number of hydrogen-bond donors (Lipinski definition) is 0. The summed E-state index contributed by atoms with van der Waals surface area (Å²) in [6.45, 7) is 0. The molecule has 0 aliphatic heterocycles. The summed E-state index contributed by atoms with van der Waals surface area (Å²) in [5, 5.41) is 2.67. The maximum absolute atomic E-state index is 14.4. The standard InChI is InChI=1S/C13H7Cl2F4N3O2/c1-21-9-6(5(16)3-4(14)10(9)24-12(21)23)8-7(15)11(13(17,18)19)22(2)20-8/h3H,1-2H3. The summed E-state index contributed by atoms with van der Waals surface area (Å²) in [6.07, 6.45) is -4.79. The lowest BCUT2D eigenvalue weighted by atomic mass is 10.1. The number of fused-ring (bicyclic) bond motifs is 1. The minimum Gasteiger partial charge on any atom is -0.406 e. The van der Waals surface area contributed by atoms with E-state index in [0.717, 1.165) is 17.7 Å². The van der Waals surface area contributed by atoms with Gasteiger partial charge in [-0.15, -0.1) is 0 Å². The number of benzene rings is 1. The molecule has 0 aliphatic carbocycles. The number of nitrogens with zero attached hydrogens (tertiary/aromatic N) is 3. The lowest BCUT2D eigenvalue weighted by molar-refractivity contribution is -0.143. The van der Waals surface area contributed by atoms with E-state index in [9.17, 15) is 22.4 Å². The highest BCUT2D eigenvalue weighted by atomic mass is 35.5. The Labute approximate surface area is 141 Å². The monoisotopic (exact) mass is 383 g/mol. The number of alkyl halides is 3. The van der Waals surface area contributed by atoms with Crippen LogP contribution in [0.5, 0.6) is 0 Å². The number of aromatic nitrogens is 3. The second-order valence-corrected chi connectivity index (χ2v) is 5.74. The van der Waals surface area contributed by atoms with Crippen LogP contribution in [-0.2, 0) is 20.3 Å². The van der Waals surface area contributed by atoms with E-state index in [4.69, 9.17) is 27.6 Å². The first-order chi connectivity index (χ1) is 11.0. The van der Waals surface area contributed by atoms with Crippen LogP contribution in [0.1, 0.15) is 5.69 Å². The molecule has 0 bridgehead atoms. The van der Waals surface area contributed by atoms with Gasteiger partial charge >= 0.3 is 11.9 Å². The highest BCUT2D eigenvalue weighted by Gasteiger charge is 2.40. The van der Waals surface area contributed by atoms with Gasteiger partial charge < -0.3 is 4.42 Å². The molecule has 0 amide bonds. The van der Waals surface area contributed by atoms with Crippen LogP contribution in [0.3, 0.4) is 0 Å². The molecule has 5 nitrogen and oxygen atoms in total. The van der Waals surface area contributed by atoms with E-state index in [0.29, 0.717) is 4.68 Å². The fourth-order valence-electron chi connectivity index (χ4n) is 2.44. The SMILES string of the molecule is Cn1nc(-c2c(F)cc(Cl)c3oc(=O)n(C)c23)c(Cl)c1C(F)(F)F. The molecule has 0 saturated carbocycles. The molecule has 3 aromatic rings. The van der Waals surface area contributed by atoms with Gasteiger partial charge in [-0.2, -0.15) is 18.3 Å². The van der Waals surface area contributed by atoms with Crippen LogP contribution in [0.2, 0.25) is 10.0 Å². The van der Waals surface area contributed by atoms with Gasteiger partial charge in [0.25, 0.3) is 0 Å². The Bertz CT molecular complexity index is 1030. The Balaban J connectivity index is 2.47. The molecule has 0 N–H and O–H groups in total. The molecule has 3 rings (SSSR count). The topological polar surface area (TPSA) is 53.0 Å². The average Bonchev–Trinajstić information content (AvgIpc) is 2.89. The fraction of sp³-hybridized carbons (Fsp3) is 0.231. The van der Waals surface area contributed by atoms with Gasteiger partial charge in [0.1, 0.15) is 17.0 Å². The quantitative estimate of drug-likeness (QED) is 0.596. The average molecular weight is 384 g/mol. The predicted molar refractivity (Wildman–Crippen MR) is 78.6 cm³/mol. The highest BCUT2D eigenvalue weighted by molar-refractivity contribution is 6.36. The molecule has 24 heavy (non-hydrogen) atoms. The van der Waals surface area contributed by atoms with Crippen molar-refractivity contribution in [1.82, 2.24) is 14.3 Å². The van der Waals surface area contributed by atoms with Crippen molar-refractivity contribution >= 4 is 34.3 Å². The van der Waals surface area contributed by atoms with E-state index < -0.39 is 39.7 Å². The summed E-state index contributed by atoms with van der Waals surface area (Å²) in [5.74, 6) is -1.85. The Kier molecular flexibility index (Phi) is 3.68. The van der Waals surface area contributed by atoms with Crippen LogP contribution in [0.4, 0.5) is 17.6 Å². The van der Waals surface area contributed by atoms with Crippen LogP contribution in [0.25, 0.3) is 22.4 Å². The van der Waals surface area contributed by atoms with Crippen molar-refractivity contribution in [2.75, 3.05) is 0 Å². The first kappa shape index (κ1) is 16.8. The van der Waals surface area contributed by atoms with Crippen molar-refractivity contribution < 1.29 is 22.0 Å². The van der Waals surface area contributed by atoms with Gasteiger partial charge in [-0.3, -0.25) is 9.25 Å².